The average Bonchev–Trinajstić information content (AvgIpc) is 3.37. The molecule has 0 radical (unpaired) electrons. The summed E-state index contributed by atoms with van der Waals surface area (Å²) in [4.78, 5) is 12.0. The van der Waals surface area contributed by atoms with Gasteiger partial charge in [0.25, 0.3) is 0 Å². The van der Waals surface area contributed by atoms with Crippen LogP contribution in [0.25, 0.3) is 0 Å². The second-order valence-corrected chi connectivity index (χ2v) is 23.6. The molecule has 0 spiro atoms. The van der Waals surface area contributed by atoms with Gasteiger partial charge in [-0.1, -0.05) is 331 Å². The van der Waals surface area contributed by atoms with Crippen molar-refractivity contribution in [3.05, 3.63) is 0 Å². The van der Waals surface area contributed by atoms with E-state index in [2.05, 4.69) is 54.2 Å². The van der Waals surface area contributed by atoms with Crippen LogP contribution in [0.4, 0.5) is 0 Å². The highest BCUT2D eigenvalue weighted by atomic mass is 15.4. The minimum absolute atomic E-state index is 0. The zero-order chi connectivity index (χ0) is 50.3. The maximum Gasteiger partial charge on any atom is 0.0754 e. The highest BCUT2D eigenvalue weighted by Crippen LogP contribution is 2.21. The number of hydrogen-bond acceptors (Lipinski definition) is 4. The summed E-state index contributed by atoms with van der Waals surface area (Å²) in [6, 6.07) is 0. The molecule has 1 aliphatic heterocycles. The summed E-state index contributed by atoms with van der Waals surface area (Å²) >= 11 is 0. The molecule has 0 amide bonds. The normalized spacial score (nSPS) is 14.7. The van der Waals surface area contributed by atoms with E-state index < -0.39 is 0 Å². The van der Waals surface area contributed by atoms with Gasteiger partial charge >= 0.3 is 0 Å². The van der Waals surface area contributed by atoms with Crippen LogP contribution in [0, 0.1) is 0 Å². The van der Waals surface area contributed by atoms with Gasteiger partial charge < -0.3 is 4.90 Å². The van der Waals surface area contributed by atoms with Crippen molar-refractivity contribution in [3.63, 3.8) is 0 Å². The van der Waals surface area contributed by atoms with E-state index in [0.717, 1.165) is 0 Å². The molecule has 0 saturated carbocycles. The second-order valence-electron chi connectivity index (χ2n) is 23.6. The lowest BCUT2D eigenvalue weighted by atomic mass is 10.1. The summed E-state index contributed by atoms with van der Waals surface area (Å²) < 4.78 is 0. The van der Waals surface area contributed by atoms with Crippen LogP contribution in [-0.4, -0.2) is 91.2 Å². The summed E-state index contributed by atoms with van der Waals surface area (Å²) in [6.45, 7) is 24.8. The van der Waals surface area contributed by atoms with Gasteiger partial charge in [-0.25, -0.2) is 0 Å². The van der Waals surface area contributed by atoms with Gasteiger partial charge in [-0.05, 0) is 64.8 Å². The minimum Gasteiger partial charge on any atom is -0.302 e. The SMILES string of the molecule is C.CCCCCCCCCCCCN(CCCCCCCCCCCC)CCN1CCN(CCCCCCCCCCCC)C(N(CCCCCCCCCCCC)CCCCCCCCCCCC)C1. The molecular formula is C67H140N4. The molecule has 4 heteroatoms. The molecule has 428 valence electrons. The van der Waals surface area contributed by atoms with Gasteiger partial charge in [0.1, 0.15) is 0 Å². The van der Waals surface area contributed by atoms with E-state index in [4.69, 9.17) is 0 Å². The van der Waals surface area contributed by atoms with E-state index in [0.29, 0.717) is 6.17 Å². The first-order valence-corrected chi connectivity index (χ1v) is 33.6. The Kier molecular flexibility index (Phi) is 59.0. The Morgan fingerprint density at radius 1 is 0.268 bits per heavy atom. The summed E-state index contributed by atoms with van der Waals surface area (Å²) in [6.07, 6.45) is 72.6. The first-order valence-electron chi connectivity index (χ1n) is 33.6. The van der Waals surface area contributed by atoms with Crippen LogP contribution in [-0.2, 0) is 0 Å². The molecular weight excluding hydrogens is 861 g/mol. The lowest BCUT2D eigenvalue weighted by molar-refractivity contribution is -0.0267. The van der Waals surface area contributed by atoms with Crippen LogP contribution in [0.1, 0.15) is 363 Å². The number of nitrogens with zero attached hydrogens (tertiary/aromatic N) is 4. The molecule has 0 aromatic heterocycles. The van der Waals surface area contributed by atoms with Crippen molar-refractivity contribution < 1.29 is 0 Å². The summed E-state index contributed by atoms with van der Waals surface area (Å²) in [7, 11) is 0. The molecule has 1 fully saturated rings. The largest absolute Gasteiger partial charge is 0.302 e. The quantitative estimate of drug-likeness (QED) is 0.0563. The Bertz CT molecular complexity index is 909. The van der Waals surface area contributed by atoms with E-state index in [1.165, 1.54) is 386 Å². The molecule has 1 heterocycles. The fraction of sp³-hybridized carbons (Fsp3) is 1.00. The average molecular weight is 1000 g/mol. The standard InChI is InChI=1S/C66H136N4.CH4/c1-6-11-16-21-26-31-36-41-46-51-56-67(57-52-47-42-37-32-27-22-17-12-7-2)61-62-68-63-64-70(60-55-50-45-40-35-30-25-20-15-10-5)66(65-68)69(58-53-48-43-38-33-28-23-18-13-8-3)59-54-49-44-39-34-29-24-19-14-9-4;/h66H,6-65H2,1-5H3;1H4. The highest BCUT2D eigenvalue weighted by molar-refractivity contribution is 4.84. The van der Waals surface area contributed by atoms with Crippen LogP contribution in [0.2, 0.25) is 0 Å². The number of rotatable bonds is 59. The van der Waals surface area contributed by atoms with E-state index in [1.54, 1.807) is 0 Å². The first kappa shape index (κ1) is 70.8. The van der Waals surface area contributed by atoms with E-state index >= 15 is 0 Å². The lowest BCUT2D eigenvalue weighted by Crippen LogP contribution is -2.61. The molecule has 1 atom stereocenters. The summed E-state index contributed by atoms with van der Waals surface area (Å²) in [5.74, 6) is 0. The fourth-order valence-electron chi connectivity index (χ4n) is 11.7. The maximum atomic E-state index is 3.06. The molecule has 1 saturated heterocycles. The van der Waals surface area contributed by atoms with Gasteiger partial charge in [0, 0.05) is 32.7 Å². The molecule has 0 N–H and O–H groups in total. The number of unbranched alkanes of at least 4 members (excludes halogenated alkanes) is 45. The monoisotopic (exact) mass is 1000 g/mol. The molecule has 0 aromatic carbocycles. The maximum absolute atomic E-state index is 3.06. The summed E-state index contributed by atoms with van der Waals surface area (Å²) in [5.41, 5.74) is 0. The topological polar surface area (TPSA) is 13.0 Å². The van der Waals surface area contributed by atoms with Gasteiger partial charge in [-0.15, -0.1) is 0 Å². The van der Waals surface area contributed by atoms with Crippen LogP contribution in [0.15, 0.2) is 0 Å². The van der Waals surface area contributed by atoms with Gasteiger partial charge in [-0.2, -0.15) is 0 Å². The predicted molar refractivity (Wildman–Crippen MR) is 326 cm³/mol. The van der Waals surface area contributed by atoms with Crippen LogP contribution < -0.4 is 0 Å². The third kappa shape index (κ3) is 48.0. The molecule has 0 aliphatic carbocycles. The Hall–Kier alpha value is -0.160. The Morgan fingerprint density at radius 3 is 0.817 bits per heavy atom. The van der Waals surface area contributed by atoms with E-state index in [9.17, 15) is 0 Å². The smallest absolute Gasteiger partial charge is 0.0754 e. The van der Waals surface area contributed by atoms with E-state index in [-0.39, 0.29) is 7.43 Å². The third-order valence-electron chi connectivity index (χ3n) is 16.8. The van der Waals surface area contributed by atoms with Gasteiger partial charge in [0.2, 0.25) is 0 Å². The molecule has 1 unspecified atom stereocenters. The van der Waals surface area contributed by atoms with Gasteiger partial charge in [0.05, 0.1) is 6.17 Å². The molecule has 0 bridgehead atoms. The fourth-order valence-corrected chi connectivity index (χ4v) is 11.7. The van der Waals surface area contributed by atoms with Crippen LogP contribution in [0.5, 0.6) is 0 Å². The van der Waals surface area contributed by atoms with Gasteiger partial charge in [0.15, 0.2) is 0 Å². The molecule has 4 nitrogen and oxygen atoms in total. The van der Waals surface area contributed by atoms with Gasteiger partial charge in [-0.3, -0.25) is 14.7 Å². The Balaban J connectivity index is 0.0000490. The second kappa shape index (κ2) is 59.1. The first-order chi connectivity index (χ1) is 34.7. The van der Waals surface area contributed by atoms with Crippen molar-refractivity contribution in [2.45, 2.75) is 369 Å². The van der Waals surface area contributed by atoms with Crippen LogP contribution in [0.3, 0.4) is 0 Å². The van der Waals surface area contributed by atoms with Crippen molar-refractivity contribution in [2.75, 3.05) is 65.4 Å². The van der Waals surface area contributed by atoms with Crippen molar-refractivity contribution in [2.24, 2.45) is 0 Å². The minimum atomic E-state index is 0. The number of piperazine rings is 1. The summed E-state index contributed by atoms with van der Waals surface area (Å²) in [5, 5.41) is 0. The van der Waals surface area contributed by atoms with Crippen molar-refractivity contribution in [3.8, 4) is 0 Å². The number of hydrogen-bond donors (Lipinski definition) is 0. The zero-order valence-electron chi connectivity index (χ0n) is 49.8. The molecule has 71 heavy (non-hydrogen) atoms. The van der Waals surface area contributed by atoms with Crippen LogP contribution >= 0.6 is 0 Å². The Labute approximate surface area is 452 Å². The van der Waals surface area contributed by atoms with Crippen molar-refractivity contribution >= 4 is 0 Å². The highest BCUT2D eigenvalue weighted by Gasteiger charge is 2.31. The third-order valence-corrected chi connectivity index (χ3v) is 16.8. The predicted octanol–water partition coefficient (Wildman–Crippen LogP) is 21.8. The molecule has 1 rings (SSSR count). The van der Waals surface area contributed by atoms with Crippen molar-refractivity contribution in [1.82, 2.24) is 19.6 Å². The molecule has 0 aromatic rings. The van der Waals surface area contributed by atoms with Crippen molar-refractivity contribution in [1.29, 1.82) is 0 Å². The zero-order valence-corrected chi connectivity index (χ0v) is 49.8. The molecule has 1 aliphatic rings. The van der Waals surface area contributed by atoms with E-state index in [1.807, 2.05) is 0 Å². The lowest BCUT2D eigenvalue weighted by Gasteiger charge is -2.47. The Morgan fingerprint density at radius 2 is 0.521 bits per heavy atom.